The molecule has 0 bridgehead atoms. The predicted octanol–water partition coefficient (Wildman–Crippen LogP) is 4.45. The van der Waals surface area contributed by atoms with E-state index in [0.29, 0.717) is 17.9 Å². The number of hydrogen-bond donors (Lipinski definition) is 3. The SMILES string of the molecule is CC.CC.CNC1COC(C2CCC(c3cc(N)c(C)c(N)c3)CC2)OC1. The lowest BCUT2D eigenvalue weighted by atomic mass is 9.78. The van der Waals surface area contributed by atoms with Crippen LogP contribution in [0, 0.1) is 12.8 Å². The number of rotatable bonds is 3. The van der Waals surface area contributed by atoms with Crippen molar-refractivity contribution in [2.75, 3.05) is 31.7 Å². The Morgan fingerprint density at radius 3 is 1.81 bits per heavy atom. The van der Waals surface area contributed by atoms with Crippen molar-refractivity contribution in [1.29, 1.82) is 0 Å². The molecule has 1 aromatic rings. The average molecular weight is 380 g/mol. The van der Waals surface area contributed by atoms with Crippen LogP contribution < -0.4 is 16.8 Å². The summed E-state index contributed by atoms with van der Waals surface area (Å²) < 4.78 is 11.8. The molecule has 0 unspecified atom stereocenters. The Morgan fingerprint density at radius 1 is 0.889 bits per heavy atom. The molecule has 5 nitrogen and oxygen atoms in total. The van der Waals surface area contributed by atoms with E-state index in [0.717, 1.165) is 55.8 Å². The van der Waals surface area contributed by atoms with Gasteiger partial charge in [0.05, 0.1) is 19.3 Å². The molecule has 1 saturated carbocycles. The Labute approximate surface area is 166 Å². The Morgan fingerprint density at radius 2 is 1.37 bits per heavy atom. The Hall–Kier alpha value is -1.30. The normalized spacial score (nSPS) is 27.6. The van der Waals surface area contributed by atoms with E-state index in [9.17, 15) is 0 Å². The summed E-state index contributed by atoms with van der Waals surface area (Å²) in [7, 11) is 1.95. The van der Waals surface area contributed by atoms with Gasteiger partial charge in [-0.15, -0.1) is 0 Å². The van der Waals surface area contributed by atoms with E-state index in [2.05, 4.69) is 17.4 Å². The van der Waals surface area contributed by atoms with Crippen molar-refractivity contribution in [3.63, 3.8) is 0 Å². The van der Waals surface area contributed by atoms with Crippen LogP contribution >= 0.6 is 0 Å². The standard InChI is InChI=1S/C18H29N3O2.2C2H6/c1-11-16(19)7-14(8-17(11)20)12-3-5-13(6-4-12)18-22-9-15(21-2)10-23-18;2*1-2/h7-8,12-13,15,18,21H,3-6,9-10,19-20H2,1-2H3;2*1-2H3. The van der Waals surface area contributed by atoms with Crippen LogP contribution in [0.1, 0.15) is 70.4 Å². The van der Waals surface area contributed by atoms with E-state index in [4.69, 9.17) is 20.9 Å². The first-order chi connectivity index (χ1) is 13.1. The van der Waals surface area contributed by atoms with Gasteiger partial charge < -0.3 is 26.3 Å². The van der Waals surface area contributed by atoms with Crippen molar-refractivity contribution in [2.24, 2.45) is 5.92 Å². The molecule has 0 spiro atoms. The predicted molar refractivity (Wildman–Crippen MR) is 116 cm³/mol. The Balaban J connectivity index is 0.000000855. The second-order valence-corrected chi connectivity index (χ2v) is 6.96. The summed E-state index contributed by atoms with van der Waals surface area (Å²) in [6.07, 6.45) is 4.52. The van der Waals surface area contributed by atoms with E-state index in [1.54, 1.807) is 0 Å². The summed E-state index contributed by atoms with van der Waals surface area (Å²) in [5.41, 5.74) is 16.0. The summed E-state index contributed by atoms with van der Waals surface area (Å²) in [4.78, 5) is 0. The van der Waals surface area contributed by atoms with E-state index in [1.807, 2.05) is 41.7 Å². The minimum absolute atomic E-state index is 0.0336. The summed E-state index contributed by atoms with van der Waals surface area (Å²) in [6.45, 7) is 11.5. The lowest BCUT2D eigenvalue weighted by Crippen LogP contribution is -2.45. The molecule has 1 saturated heterocycles. The molecule has 1 heterocycles. The van der Waals surface area contributed by atoms with Crippen molar-refractivity contribution in [3.05, 3.63) is 23.3 Å². The second kappa shape index (κ2) is 12.2. The third-order valence-electron chi connectivity index (χ3n) is 5.47. The van der Waals surface area contributed by atoms with Crippen LogP contribution in [0.3, 0.4) is 0 Å². The zero-order valence-corrected chi connectivity index (χ0v) is 18.2. The number of nitrogens with one attached hydrogen (secondary N) is 1. The summed E-state index contributed by atoms with van der Waals surface area (Å²) in [5, 5.41) is 3.20. The zero-order valence-electron chi connectivity index (χ0n) is 18.2. The highest BCUT2D eigenvalue weighted by Gasteiger charge is 2.32. The zero-order chi connectivity index (χ0) is 20.4. The van der Waals surface area contributed by atoms with Gasteiger partial charge in [-0.2, -0.15) is 0 Å². The lowest BCUT2D eigenvalue weighted by molar-refractivity contribution is -0.218. The van der Waals surface area contributed by atoms with Gasteiger partial charge in [0.15, 0.2) is 6.29 Å². The monoisotopic (exact) mass is 379 g/mol. The van der Waals surface area contributed by atoms with Crippen LogP contribution in [0.5, 0.6) is 0 Å². The van der Waals surface area contributed by atoms with Gasteiger partial charge in [0.25, 0.3) is 0 Å². The molecule has 27 heavy (non-hydrogen) atoms. The van der Waals surface area contributed by atoms with Crippen molar-refractivity contribution in [3.8, 4) is 0 Å². The van der Waals surface area contributed by atoms with Crippen LogP contribution in [-0.4, -0.2) is 32.6 Å². The van der Waals surface area contributed by atoms with Crippen molar-refractivity contribution < 1.29 is 9.47 Å². The molecule has 5 N–H and O–H groups in total. The fourth-order valence-electron chi connectivity index (χ4n) is 3.70. The maximum Gasteiger partial charge on any atom is 0.160 e. The number of anilines is 2. The minimum atomic E-state index is -0.0336. The Kier molecular flexibility index (Phi) is 10.7. The number of benzene rings is 1. The summed E-state index contributed by atoms with van der Waals surface area (Å²) in [5.74, 6) is 1.05. The largest absolute Gasteiger partial charge is 0.398 e. The first-order valence-electron chi connectivity index (χ1n) is 10.6. The van der Waals surface area contributed by atoms with Crippen LogP contribution in [0.4, 0.5) is 11.4 Å². The smallest absolute Gasteiger partial charge is 0.160 e. The summed E-state index contributed by atoms with van der Waals surface area (Å²) in [6, 6.07) is 4.52. The van der Waals surface area contributed by atoms with Gasteiger partial charge in [0.2, 0.25) is 0 Å². The van der Waals surface area contributed by atoms with Crippen molar-refractivity contribution in [1.82, 2.24) is 5.32 Å². The number of nitrogens with two attached hydrogens (primary N) is 2. The van der Waals surface area contributed by atoms with E-state index >= 15 is 0 Å². The Bertz CT molecular complexity index is 511. The van der Waals surface area contributed by atoms with Crippen LogP contribution in [0.2, 0.25) is 0 Å². The third-order valence-corrected chi connectivity index (χ3v) is 5.47. The molecule has 0 radical (unpaired) electrons. The molecule has 1 aromatic carbocycles. The average Bonchev–Trinajstić information content (AvgIpc) is 2.75. The van der Waals surface area contributed by atoms with Gasteiger partial charge in [-0.3, -0.25) is 0 Å². The number of hydrogen-bond acceptors (Lipinski definition) is 5. The fraction of sp³-hybridized carbons (Fsp3) is 0.727. The van der Waals surface area contributed by atoms with Gasteiger partial charge >= 0.3 is 0 Å². The molecule has 5 heteroatoms. The van der Waals surface area contributed by atoms with Crippen LogP contribution in [-0.2, 0) is 9.47 Å². The second-order valence-electron chi connectivity index (χ2n) is 6.96. The van der Waals surface area contributed by atoms with E-state index in [1.165, 1.54) is 5.56 Å². The maximum absolute atomic E-state index is 6.07. The highest BCUT2D eigenvalue weighted by molar-refractivity contribution is 5.63. The molecule has 1 aliphatic heterocycles. The van der Waals surface area contributed by atoms with Gasteiger partial charge in [0.1, 0.15) is 0 Å². The number of nitrogen functional groups attached to an aromatic ring is 2. The lowest BCUT2D eigenvalue weighted by Gasteiger charge is -2.37. The minimum Gasteiger partial charge on any atom is -0.398 e. The molecular weight excluding hydrogens is 338 g/mol. The molecule has 2 fully saturated rings. The van der Waals surface area contributed by atoms with Crippen molar-refractivity contribution in [2.45, 2.75) is 78.6 Å². The quantitative estimate of drug-likeness (QED) is 0.676. The van der Waals surface area contributed by atoms with Gasteiger partial charge in [0, 0.05) is 17.3 Å². The molecule has 0 amide bonds. The molecule has 1 aliphatic carbocycles. The number of likely N-dealkylation sites (N-methyl/N-ethyl adjacent to an activating group) is 1. The molecule has 0 aromatic heterocycles. The molecule has 3 rings (SSSR count). The van der Waals surface area contributed by atoms with Gasteiger partial charge in [-0.25, -0.2) is 0 Å². The van der Waals surface area contributed by atoms with Crippen LogP contribution in [0.25, 0.3) is 0 Å². The first-order valence-corrected chi connectivity index (χ1v) is 10.6. The molecule has 0 atom stereocenters. The maximum atomic E-state index is 6.07. The van der Waals surface area contributed by atoms with Gasteiger partial charge in [-0.1, -0.05) is 27.7 Å². The van der Waals surface area contributed by atoms with Crippen LogP contribution in [0.15, 0.2) is 12.1 Å². The molecular formula is C22H41N3O2. The fourth-order valence-corrected chi connectivity index (χ4v) is 3.70. The topological polar surface area (TPSA) is 82.5 Å². The number of ether oxygens (including phenoxy) is 2. The van der Waals surface area contributed by atoms with Gasteiger partial charge in [-0.05, 0) is 68.8 Å². The molecule has 156 valence electrons. The highest BCUT2D eigenvalue weighted by atomic mass is 16.7. The summed E-state index contributed by atoms with van der Waals surface area (Å²) >= 11 is 0. The molecule has 2 aliphatic rings. The van der Waals surface area contributed by atoms with Crippen molar-refractivity contribution >= 4 is 11.4 Å². The first kappa shape index (κ1) is 23.7. The van der Waals surface area contributed by atoms with E-state index in [-0.39, 0.29) is 6.29 Å². The highest BCUT2D eigenvalue weighted by Crippen LogP contribution is 2.40. The van der Waals surface area contributed by atoms with E-state index < -0.39 is 0 Å². The third kappa shape index (κ3) is 6.37.